The largest absolute Gasteiger partial charge is 0.289 e. The molecule has 1 aromatic carbocycles. The average molecular weight is 250 g/mol. The lowest BCUT2D eigenvalue weighted by Gasteiger charge is -1.98. The number of benzene rings is 1. The van der Waals surface area contributed by atoms with Gasteiger partial charge in [0.05, 0.1) is 17.8 Å². The van der Waals surface area contributed by atoms with Crippen LogP contribution in [0.5, 0.6) is 0 Å². The summed E-state index contributed by atoms with van der Waals surface area (Å²) in [5, 5.41) is 12.5. The van der Waals surface area contributed by atoms with Crippen molar-refractivity contribution in [2.24, 2.45) is 5.10 Å². The van der Waals surface area contributed by atoms with Gasteiger partial charge in [-0.1, -0.05) is 18.2 Å². The summed E-state index contributed by atoms with van der Waals surface area (Å²) < 4.78 is 0. The predicted molar refractivity (Wildman–Crippen MR) is 70.5 cm³/mol. The smallest absolute Gasteiger partial charge is 0.266 e. The van der Waals surface area contributed by atoms with Crippen molar-refractivity contribution in [3.05, 3.63) is 65.5 Å². The van der Waals surface area contributed by atoms with Crippen LogP contribution in [-0.2, 0) is 0 Å². The molecular formula is C14H10N4O. The third-order valence-electron chi connectivity index (χ3n) is 2.32. The maximum atomic E-state index is 11.6. The van der Waals surface area contributed by atoms with Gasteiger partial charge in [-0.2, -0.15) is 10.4 Å². The van der Waals surface area contributed by atoms with E-state index in [0.717, 1.165) is 5.56 Å². The van der Waals surface area contributed by atoms with Crippen molar-refractivity contribution in [1.29, 1.82) is 5.26 Å². The molecule has 1 N–H and O–H groups in total. The molecule has 2 rings (SSSR count). The Morgan fingerprint density at radius 2 is 2.05 bits per heavy atom. The van der Waals surface area contributed by atoms with E-state index in [1.165, 1.54) is 6.21 Å². The predicted octanol–water partition coefficient (Wildman–Crippen LogP) is 1.72. The molecule has 1 amide bonds. The minimum absolute atomic E-state index is 0.305. The highest BCUT2D eigenvalue weighted by Crippen LogP contribution is 2.00. The minimum atomic E-state index is -0.370. The van der Waals surface area contributed by atoms with Gasteiger partial charge in [-0.25, -0.2) is 5.43 Å². The molecule has 1 heterocycles. The fourth-order valence-electron chi connectivity index (χ4n) is 1.36. The van der Waals surface area contributed by atoms with Crippen molar-refractivity contribution in [2.75, 3.05) is 0 Å². The summed E-state index contributed by atoms with van der Waals surface area (Å²) in [5.41, 5.74) is 4.05. The van der Waals surface area contributed by atoms with Gasteiger partial charge < -0.3 is 0 Å². The molecule has 0 aliphatic carbocycles. The summed E-state index contributed by atoms with van der Waals surface area (Å²) in [6.45, 7) is 0. The Kier molecular flexibility index (Phi) is 3.98. The van der Waals surface area contributed by atoms with Crippen molar-refractivity contribution in [3.8, 4) is 6.07 Å². The highest BCUT2D eigenvalue weighted by atomic mass is 16.2. The van der Waals surface area contributed by atoms with Gasteiger partial charge >= 0.3 is 0 Å². The van der Waals surface area contributed by atoms with Crippen LogP contribution in [0, 0.1) is 11.3 Å². The molecule has 0 aliphatic heterocycles. The average Bonchev–Trinajstić information content (AvgIpc) is 2.49. The van der Waals surface area contributed by atoms with Crippen molar-refractivity contribution in [1.82, 2.24) is 10.4 Å². The SMILES string of the molecule is N#Cc1ccc(/C=N/NC(=O)c2ccccn2)cc1. The summed E-state index contributed by atoms with van der Waals surface area (Å²) in [4.78, 5) is 15.5. The lowest BCUT2D eigenvalue weighted by atomic mass is 10.2. The van der Waals surface area contributed by atoms with Crippen molar-refractivity contribution in [2.45, 2.75) is 0 Å². The molecular weight excluding hydrogens is 240 g/mol. The molecule has 19 heavy (non-hydrogen) atoms. The first-order valence-electron chi connectivity index (χ1n) is 5.54. The third-order valence-corrected chi connectivity index (χ3v) is 2.32. The molecule has 0 saturated heterocycles. The topological polar surface area (TPSA) is 78.1 Å². The lowest BCUT2D eigenvalue weighted by molar-refractivity contribution is 0.0950. The number of rotatable bonds is 3. The zero-order valence-electron chi connectivity index (χ0n) is 9.95. The second-order valence-corrected chi connectivity index (χ2v) is 3.65. The Morgan fingerprint density at radius 3 is 2.68 bits per heavy atom. The van der Waals surface area contributed by atoms with E-state index >= 15 is 0 Å². The van der Waals surface area contributed by atoms with Gasteiger partial charge in [0, 0.05) is 6.20 Å². The monoisotopic (exact) mass is 250 g/mol. The van der Waals surface area contributed by atoms with E-state index in [1.807, 2.05) is 6.07 Å². The minimum Gasteiger partial charge on any atom is -0.266 e. The fraction of sp³-hybridized carbons (Fsp3) is 0. The Bertz CT molecular complexity index is 627. The van der Waals surface area contributed by atoms with Gasteiger partial charge in [-0.15, -0.1) is 0 Å². The Labute approximate surface area is 110 Å². The van der Waals surface area contributed by atoms with Gasteiger partial charge in [0.1, 0.15) is 5.69 Å². The first-order valence-corrected chi connectivity index (χ1v) is 5.54. The summed E-state index contributed by atoms with van der Waals surface area (Å²) in [6, 6.07) is 13.9. The number of hydrogen-bond donors (Lipinski definition) is 1. The van der Waals surface area contributed by atoms with E-state index in [9.17, 15) is 4.79 Å². The summed E-state index contributed by atoms with van der Waals surface area (Å²) in [7, 11) is 0. The fourth-order valence-corrected chi connectivity index (χ4v) is 1.36. The number of amides is 1. The molecule has 92 valence electrons. The summed E-state index contributed by atoms with van der Waals surface area (Å²) in [6.07, 6.45) is 3.04. The van der Waals surface area contributed by atoms with Crippen LogP contribution in [0.25, 0.3) is 0 Å². The molecule has 0 bridgehead atoms. The van der Waals surface area contributed by atoms with Crippen LogP contribution in [0.3, 0.4) is 0 Å². The van der Waals surface area contributed by atoms with E-state index in [2.05, 4.69) is 15.5 Å². The van der Waals surface area contributed by atoms with Gasteiger partial charge in [0.15, 0.2) is 0 Å². The molecule has 0 atom stereocenters. The van der Waals surface area contributed by atoms with Crippen molar-refractivity contribution in [3.63, 3.8) is 0 Å². The maximum absolute atomic E-state index is 11.6. The molecule has 5 heteroatoms. The molecule has 2 aromatic rings. The first kappa shape index (κ1) is 12.5. The van der Waals surface area contributed by atoms with Crippen molar-refractivity contribution < 1.29 is 4.79 Å². The second kappa shape index (κ2) is 6.07. The molecule has 0 fully saturated rings. The number of nitrogens with one attached hydrogen (secondary N) is 1. The highest BCUT2D eigenvalue weighted by molar-refractivity contribution is 5.93. The van der Waals surface area contributed by atoms with Crippen LogP contribution < -0.4 is 5.43 Å². The number of hydrogen-bond acceptors (Lipinski definition) is 4. The van der Waals surface area contributed by atoms with Crippen LogP contribution in [0.15, 0.2) is 53.8 Å². The summed E-state index contributed by atoms with van der Waals surface area (Å²) >= 11 is 0. The number of carbonyl (C=O) groups is 1. The molecule has 0 radical (unpaired) electrons. The van der Waals surface area contributed by atoms with Gasteiger partial charge in [0.2, 0.25) is 0 Å². The quantitative estimate of drug-likeness (QED) is 0.665. The number of nitrogens with zero attached hydrogens (tertiary/aromatic N) is 3. The third kappa shape index (κ3) is 3.48. The Hall–Kier alpha value is -3.00. The van der Waals surface area contributed by atoms with Crippen LogP contribution >= 0.6 is 0 Å². The standard InChI is InChI=1S/C14H10N4O/c15-9-11-4-6-12(7-5-11)10-17-18-14(19)13-3-1-2-8-16-13/h1-8,10H,(H,18,19)/b17-10+. The number of nitriles is 1. The molecule has 1 aromatic heterocycles. The molecule has 0 saturated carbocycles. The Morgan fingerprint density at radius 1 is 1.26 bits per heavy atom. The van der Waals surface area contributed by atoms with E-state index < -0.39 is 0 Å². The zero-order valence-corrected chi connectivity index (χ0v) is 9.95. The zero-order chi connectivity index (χ0) is 13.5. The number of carbonyl (C=O) groups excluding carboxylic acids is 1. The van der Waals surface area contributed by atoms with Crippen LogP contribution in [0.2, 0.25) is 0 Å². The maximum Gasteiger partial charge on any atom is 0.289 e. The van der Waals surface area contributed by atoms with Crippen molar-refractivity contribution >= 4 is 12.1 Å². The number of aromatic nitrogens is 1. The van der Waals surface area contributed by atoms with Gasteiger partial charge in [-0.3, -0.25) is 9.78 Å². The van der Waals surface area contributed by atoms with E-state index in [1.54, 1.807) is 48.7 Å². The van der Waals surface area contributed by atoms with Crippen LogP contribution in [-0.4, -0.2) is 17.1 Å². The van der Waals surface area contributed by atoms with E-state index in [0.29, 0.717) is 11.3 Å². The highest BCUT2D eigenvalue weighted by Gasteiger charge is 2.03. The molecule has 0 aliphatic rings. The number of hydrazone groups is 1. The Balaban J connectivity index is 1.96. The van der Waals surface area contributed by atoms with Crippen LogP contribution in [0.4, 0.5) is 0 Å². The van der Waals surface area contributed by atoms with Crippen LogP contribution in [0.1, 0.15) is 21.6 Å². The molecule has 5 nitrogen and oxygen atoms in total. The molecule has 0 spiro atoms. The number of pyridine rings is 1. The normalized spacial score (nSPS) is 10.1. The second-order valence-electron chi connectivity index (χ2n) is 3.65. The lowest BCUT2D eigenvalue weighted by Crippen LogP contribution is -2.18. The van der Waals surface area contributed by atoms with E-state index in [4.69, 9.17) is 5.26 Å². The first-order chi connectivity index (χ1) is 9.29. The van der Waals surface area contributed by atoms with E-state index in [-0.39, 0.29) is 5.91 Å². The van der Waals surface area contributed by atoms with Gasteiger partial charge in [0.25, 0.3) is 5.91 Å². The van der Waals surface area contributed by atoms with Gasteiger partial charge in [-0.05, 0) is 29.8 Å². The molecule has 0 unspecified atom stereocenters. The summed E-state index contributed by atoms with van der Waals surface area (Å²) in [5.74, 6) is -0.370.